The minimum absolute atomic E-state index is 0.0130. The molecule has 0 saturated carbocycles. The Kier molecular flexibility index (Phi) is 15.8. The number of cyclic esters (lactones) is 1. The van der Waals surface area contributed by atoms with Gasteiger partial charge in [-0.15, -0.1) is 5.10 Å². The topological polar surface area (TPSA) is 193 Å². The highest BCUT2D eigenvalue weighted by Gasteiger charge is 2.58. The van der Waals surface area contributed by atoms with Gasteiger partial charge in [-0.2, -0.15) is 0 Å². The molecule has 0 bridgehead atoms. The van der Waals surface area contributed by atoms with Gasteiger partial charge in [0.1, 0.15) is 23.8 Å². The van der Waals surface area contributed by atoms with Crippen molar-refractivity contribution >= 4 is 23.5 Å². The second-order valence-corrected chi connectivity index (χ2v) is 18.0. The van der Waals surface area contributed by atoms with Crippen LogP contribution in [0.1, 0.15) is 93.9 Å². The first-order valence-corrected chi connectivity index (χ1v) is 21.8. The number of nitrogens with two attached hydrogens (primary N) is 1. The number of carbonyl (C=O) groups is 3. The molecule has 3 saturated heterocycles. The quantitative estimate of drug-likeness (QED) is 0.116. The molecule has 2 aromatic rings. The summed E-state index contributed by atoms with van der Waals surface area (Å²) in [5.41, 5.74) is 5.95. The van der Waals surface area contributed by atoms with Crippen LogP contribution in [0.5, 0.6) is 0 Å². The molecule has 4 heterocycles. The molecule has 3 aliphatic heterocycles. The number of nitrogens with zero attached hydrogens (tertiary/aromatic N) is 5. The third kappa shape index (κ3) is 10.3. The lowest BCUT2D eigenvalue weighted by Gasteiger charge is -2.47. The second-order valence-electron chi connectivity index (χ2n) is 18.0. The molecular formula is C44H71N7O9. The zero-order chi connectivity index (χ0) is 44.1. The maximum Gasteiger partial charge on any atom is 0.410 e. The van der Waals surface area contributed by atoms with Gasteiger partial charge in [-0.05, 0) is 105 Å². The number of likely N-dealkylation sites (N-methyl/N-ethyl adjacent to an activating group) is 1. The Balaban J connectivity index is 1.38. The fraction of sp³-hybridized carbons (Fsp3) is 0.750. The number of rotatable bonds is 12. The summed E-state index contributed by atoms with van der Waals surface area (Å²) in [6.07, 6.45) is 1.00. The van der Waals surface area contributed by atoms with E-state index in [1.165, 1.54) is 0 Å². The van der Waals surface area contributed by atoms with E-state index in [0.29, 0.717) is 57.4 Å². The van der Waals surface area contributed by atoms with Gasteiger partial charge in [0.05, 0.1) is 30.0 Å². The predicted octanol–water partition coefficient (Wildman–Crippen LogP) is 4.67. The zero-order valence-corrected chi connectivity index (χ0v) is 37.6. The SMILES string of the molecule is CCC1CC(N(C)C)C(O)[C@H](O[C@@H]2[C@@H](C)C(=O)C(C)C(=O)O[C@H](CC)[C@@]3(C)OC(=O)N(CCCCn4cc(-c5cccc(N)c5)nn4)[C@@H]3[C@@H](C)NC[C@H](C)C[C@@]2(C)OC)O1. The van der Waals surface area contributed by atoms with E-state index in [0.717, 1.165) is 17.7 Å². The molecule has 60 heavy (non-hydrogen) atoms. The van der Waals surface area contributed by atoms with Gasteiger partial charge in [-0.25, -0.2) is 4.79 Å². The number of methoxy groups -OCH3 is 1. The number of aromatic nitrogens is 3. The molecular weight excluding hydrogens is 771 g/mol. The summed E-state index contributed by atoms with van der Waals surface area (Å²) in [5.74, 6) is -3.16. The molecule has 16 heteroatoms. The van der Waals surface area contributed by atoms with Crippen LogP contribution in [0.4, 0.5) is 10.5 Å². The van der Waals surface area contributed by atoms with Gasteiger partial charge in [0.25, 0.3) is 0 Å². The summed E-state index contributed by atoms with van der Waals surface area (Å²) in [5, 5.41) is 23.8. The maximum absolute atomic E-state index is 14.4. The van der Waals surface area contributed by atoms with Crippen molar-refractivity contribution in [2.24, 2.45) is 17.8 Å². The van der Waals surface area contributed by atoms with Crippen molar-refractivity contribution in [3.63, 3.8) is 0 Å². The van der Waals surface area contributed by atoms with Crippen LogP contribution in [0.2, 0.25) is 0 Å². The summed E-state index contributed by atoms with van der Waals surface area (Å²) in [6.45, 7) is 16.6. The van der Waals surface area contributed by atoms with Crippen molar-refractivity contribution in [1.82, 2.24) is 30.1 Å². The summed E-state index contributed by atoms with van der Waals surface area (Å²) in [6, 6.07) is 6.46. The molecule has 13 atom stereocenters. The Morgan fingerprint density at radius 2 is 1.78 bits per heavy atom. The Labute approximate surface area is 356 Å². The van der Waals surface area contributed by atoms with E-state index in [2.05, 4.69) is 22.6 Å². The number of nitrogens with one attached hydrogen (secondary N) is 1. The van der Waals surface area contributed by atoms with Crippen molar-refractivity contribution in [2.45, 2.75) is 160 Å². The van der Waals surface area contributed by atoms with Gasteiger partial charge < -0.3 is 44.7 Å². The van der Waals surface area contributed by atoms with Crippen molar-refractivity contribution in [1.29, 1.82) is 0 Å². The number of nitrogen functional groups attached to an aromatic ring is 1. The van der Waals surface area contributed by atoms with Crippen LogP contribution in [0.15, 0.2) is 30.5 Å². The van der Waals surface area contributed by atoms with E-state index in [1.54, 1.807) is 30.5 Å². The summed E-state index contributed by atoms with van der Waals surface area (Å²) in [7, 11) is 5.43. The van der Waals surface area contributed by atoms with Crippen LogP contribution in [-0.4, -0.2) is 142 Å². The number of benzene rings is 1. The molecule has 4 N–H and O–H groups in total. The van der Waals surface area contributed by atoms with Crippen LogP contribution >= 0.6 is 0 Å². The summed E-state index contributed by atoms with van der Waals surface area (Å²) >= 11 is 0. The third-order valence-electron chi connectivity index (χ3n) is 13.2. The number of carbonyl (C=O) groups excluding carboxylic acids is 3. The fourth-order valence-electron chi connectivity index (χ4n) is 9.61. The van der Waals surface area contributed by atoms with Gasteiger partial charge in [0, 0.05) is 49.5 Å². The fourth-order valence-corrected chi connectivity index (χ4v) is 9.61. The van der Waals surface area contributed by atoms with Crippen LogP contribution in [-0.2, 0) is 39.8 Å². The first-order chi connectivity index (χ1) is 28.4. The molecule has 1 aromatic heterocycles. The van der Waals surface area contributed by atoms with Crippen molar-refractivity contribution < 1.29 is 43.2 Å². The standard InChI is InChI=1S/C44H71N7O9/c1-12-32-22-34(49(9)10)37(53)41(57-32)59-39-27(4)36(52)28(5)40(54)58-35(13-2)44(8)38(29(6)46-24-26(3)23-43(39,7)56-11)51(42(55)60-44)20-15-14-19-50-25-33(47-48-50)30-17-16-18-31(45)21-30/h16-18,21,25-29,32,34-35,37-39,41,46,53H,12-15,19-20,22-24,45H2,1-11H3/t26-,27+,28?,29-,32?,34?,35-,37?,38-,39-,41+,43-,44-/m1/s1. The molecule has 1 aromatic carbocycles. The molecule has 3 fully saturated rings. The Morgan fingerprint density at radius 3 is 2.43 bits per heavy atom. The van der Waals surface area contributed by atoms with Crippen LogP contribution < -0.4 is 11.1 Å². The van der Waals surface area contributed by atoms with Crippen LogP contribution in [0, 0.1) is 17.8 Å². The Hall–Kier alpha value is -3.67. The molecule has 16 nitrogen and oxygen atoms in total. The number of hydrogen-bond acceptors (Lipinski definition) is 14. The number of fused-ring (bicyclic) bond motifs is 1. The molecule has 0 radical (unpaired) electrons. The lowest BCUT2D eigenvalue weighted by molar-refractivity contribution is -0.298. The zero-order valence-electron chi connectivity index (χ0n) is 37.6. The number of ketones is 1. The number of ether oxygens (including phenoxy) is 5. The van der Waals surface area contributed by atoms with E-state index in [9.17, 15) is 19.5 Å². The molecule has 336 valence electrons. The summed E-state index contributed by atoms with van der Waals surface area (Å²) in [4.78, 5) is 46.0. The average molecular weight is 842 g/mol. The highest BCUT2D eigenvalue weighted by molar-refractivity contribution is 6.00. The lowest BCUT2D eigenvalue weighted by atomic mass is 9.78. The number of anilines is 1. The predicted molar refractivity (Wildman–Crippen MR) is 227 cm³/mol. The smallest absolute Gasteiger partial charge is 0.410 e. The van der Waals surface area contributed by atoms with Crippen molar-refractivity contribution in [3.8, 4) is 11.3 Å². The minimum Gasteiger partial charge on any atom is -0.458 e. The Bertz CT molecular complexity index is 1760. The number of aliphatic hydroxyl groups is 1. The molecule has 4 unspecified atom stereocenters. The second kappa shape index (κ2) is 20.0. The molecule has 0 aliphatic carbocycles. The number of hydrogen-bond donors (Lipinski definition) is 3. The first kappa shape index (κ1) is 47.4. The molecule has 5 rings (SSSR count). The van der Waals surface area contributed by atoms with E-state index in [4.69, 9.17) is 29.4 Å². The highest BCUT2D eigenvalue weighted by atomic mass is 16.7. The highest BCUT2D eigenvalue weighted by Crippen LogP contribution is 2.40. The van der Waals surface area contributed by atoms with E-state index >= 15 is 0 Å². The number of Topliss-reactive ketones (excluding diaryl/α,β-unsaturated/α-hetero) is 1. The number of amides is 1. The van der Waals surface area contributed by atoms with Crippen LogP contribution in [0.3, 0.4) is 0 Å². The molecule has 3 aliphatic rings. The largest absolute Gasteiger partial charge is 0.458 e. The summed E-state index contributed by atoms with van der Waals surface area (Å²) < 4.78 is 33.5. The first-order valence-electron chi connectivity index (χ1n) is 21.8. The van der Waals surface area contributed by atoms with E-state index < -0.39 is 71.5 Å². The number of aliphatic hydroxyl groups excluding tert-OH is 1. The number of esters is 1. The third-order valence-corrected chi connectivity index (χ3v) is 13.2. The Morgan fingerprint density at radius 1 is 1.07 bits per heavy atom. The van der Waals surface area contributed by atoms with Crippen molar-refractivity contribution in [2.75, 3.05) is 40.0 Å². The number of aryl methyl sites for hydroxylation is 1. The van der Waals surface area contributed by atoms with Gasteiger partial charge >= 0.3 is 12.1 Å². The lowest BCUT2D eigenvalue weighted by Crippen LogP contribution is -2.61. The van der Waals surface area contributed by atoms with Gasteiger partial charge in [-0.3, -0.25) is 19.2 Å². The van der Waals surface area contributed by atoms with Gasteiger partial charge in [-0.1, -0.05) is 45.0 Å². The molecule has 1 amide bonds. The normalized spacial score (nSPS) is 36.0. The van der Waals surface area contributed by atoms with Gasteiger partial charge in [0.2, 0.25) is 0 Å². The molecule has 0 spiro atoms. The monoisotopic (exact) mass is 842 g/mol. The van der Waals surface area contributed by atoms with Crippen molar-refractivity contribution in [3.05, 3.63) is 30.5 Å². The van der Waals surface area contributed by atoms with E-state index in [-0.39, 0.29) is 24.1 Å². The van der Waals surface area contributed by atoms with Gasteiger partial charge in [0.15, 0.2) is 17.7 Å². The number of unbranched alkanes of at least 4 members (excludes halogenated alkanes) is 1. The van der Waals surface area contributed by atoms with E-state index in [1.807, 2.05) is 84.1 Å². The average Bonchev–Trinajstić information content (AvgIpc) is 3.80. The minimum atomic E-state index is -1.23. The van der Waals surface area contributed by atoms with Crippen LogP contribution in [0.25, 0.3) is 11.3 Å². The maximum atomic E-state index is 14.4.